The molecule has 5 nitrogen and oxygen atoms in total. The Morgan fingerprint density at radius 3 is 2.69 bits per heavy atom. The predicted molar refractivity (Wildman–Crippen MR) is 113 cm³/mol. The van der Waals surface area contributed by atoms with E-state index in [0.717, 1.165) is 24.1 Å². The van der Waals surface area contributed by atoms with Gasteiger partial charge in [0.05, 0.1) is 0 Å². The van der Waals surface area contributed by atoms with Gasteiger partial charge in [0.25, 0.3) is 11.8 Å². The van der Waals surface area contributed by atoms with E-state index in [-0.39, 0.29) is 17.5 Å². The van der Waals surface area contributed by atoms with E-state index in [0.29, 0.717) is 18.7 Å². The van der Waals surface area contributed by atoms with Crippen LogP contribution in [0.4, 0.5) is 5.69 Å². The lowest BCUT2D eigenvalue weighted by molar-refractivity contribution is 0.0951. The van der Waals surface area contributed by atoms with Crippen molar-refractivity contribution in [2.24, 2.45) is 0 Å². The second-order valence-electron chi connectivity index (χ2n) is 7.29. The number of benzene rings is 2. The van der Waals surface area contributed by atoms with Gasteiger partial charge in [0, 0.05) is 30.5 Å². The Balaban J connectivity index is 1.49. The highest BCUT2D eigenvalue weighted by Crippen LogP contribution is 2.27. The number of fused-ring (bicyclic) bond motifs is 1. The lowest BCUT2D eigenvalue weighted by Gasteiger charge is -2.29. The molecule has 2 heterocycles. The normalized spacial score (nSPS) is 12.9. The van der Waals surface area contributed by atoms with Crippen molar-refractivity contribution in [2.45, 2.75) is 26.3 Å². The lowest BCUT2D eigenvalue weighted by Crippen LogP contribution is -2.36. The SMILES string of the molecule is Cc1ccc(CNC(=O)c2ccnc(C(=O)N3CCCc4ccccc43)c2)cc1. The second-order valence-corrected chi connectivity index (χ2v) is 7.29. The number of hydrogen-bond donors (Lipinski definition) is 1. The minimum atomic E-state index is -0.221. The van der Waals surface area contributed by atoms with Gasteiger partial charge in [-0.15, -0.1) is 0 Å². The molecule has 3 aromatic rings. The molecule has 4 rings (SSSR count). The molecular weight excluding hydrogens is 362 g/mol. The first-order valence-electron chi connectivity index (χ1n) is 9.81. The third-order valence-electron chi connectivity index (χ3n) is 5.17. The van der Waals surface area contributed by atoms with Crippen LogP contribution in [-0.4, -0.2) is 23.3 Å². The van der Waals surface area contributed by atoms with E-state index in [1.54, 1.807) is 17.0 Å². The van der Waals surface area contributed by atoms with Crippen molar-refractivity contribution in [3.63, 3.8) is 0 Å². The maximum absolute atomic E-state index is 13.1. The third-order valence-corrected chi connectivity index (χ3v) is 5.17. The number of amides is 2. The Bertz CT molecular complexity index is 1040. The molecule has 29 heavy (non-hydrogen) atoms. The smallest absolute Gasteiger partial charge is 0.276 e. The van der Waals surface area contributed by atoms with Gasteiger partial charge in [-0.2, -0.15) is 0 Å². The zero-order valence-corrected chi connectivity index (χ0v) is 16.4. The second kappa shape index (κ2) is 8.27. The molecule has 0 unspecified atom stereocenters. The Labute approximate surface area is 170 Å². The van der Waals surface area contributed by atoms with E-state index in [4.69, 9.17) is 0 Å². The number of pyridine rings is 1. The molecule has 5 heteroatoms. The first-order chi connectivity index (χ1) is 14.1. The Hall–Kier alpha value is -3.47. The molecule has 0 radical (unpaired) electrons. The first-order valence-corrected chi connectivity index (χ1v) is 9.81. The number of carbonyl (C=O) groups excluding carboxylic acids is 2. The summed E-state index contributed by atoms with van der Waals surface area (Å²) in [5, 5.41) is 2.90. The molecule has 1 aliphatic heterocycles. The average Bonchev–Trinajstić information content (AvgIpc) is 2.77. The molecule has 0 atom stereocenters. The largest absolute Gasteiger partial charge is 0.348 e. The topological polar surface area (TPSA) is 62.3 Å². The van der Waals surface area contributed by atoms with Gasteiger partial charge >= 0.3 is 0 Å². The van der Waals surface area contributed by atoms with Gasteiger partial charge in [0.2, 0.25) is 0 Å². The van der Waals surface area contributed by atoms with Crippen molar-refractivity contribution in [3.05, 3.63) is 94.8 Å². The summed E-state index contributed by atoms with van der Waals surface area (Å²) in [6, 6.07) is 19.2. The van der Waals surface area contributed by atoms with Crippen molar-refractivity contribution >= 4 is 17.5 Å². The van der Waals surface area contributed by atoms with E-state index in [2.05, 4.69) is 16.4 Å². The summed E-state index contributed by atoms with van der Waals surface area (Å²) in [4.78, 5) is 31.6. The molecule has 2 aromatic carbocycles. The average molecular weight is 385 g/mol. The number of para-hydroxylation sites is 1. The highest BCUT2D eigenvalue weighted by atomic mass is 16.2. The molecule has 146 valence electrons. The van der Waals surface area contributed by atoms with Crippen molar-refractivity contribution in [1.29, 1.82) is 0 Å². The van der Waals surface area contributed by atoms with Gasteiger partial charge in [0.15, 0.2) is 0 Å². The van der Waals surface area contributed by atoms with Crippen LogP contribution < -0.4 is 10.2 Å². The highest BCUT2D eigenvalue weighted by molar-refractivity contribution is 6.07. The van der Waals surface area contributed by atoms with Crippen LogP contribution >= 0.6 is 0 Å². The van der Waals surface area contributed by atoms with Gasteiger partial charge in [-0.1, -0.05) is 48.0 Å². The van der Waals surface area contributed by atoms with Crippen LogP contribution in [0, 0.1) is 6.92 Å². The number of carbonyl (C=O) groups is 2. The highest BCUT2D eigenvalue weighted by Gasteiger charge is 2.24. The molecule has 1 aliphatic rings. The summed E-state index contributed by atoms with van der Waals surface area (Å²) in [6.07, 6.45) is 3.40. The Morgan fingerprint density at radius 1 is 1.07 bits per heavy atom. The Morgan fingerprint density at radius 2 is 1.86 bits per heavy atom. The summed E-state index contributed by atoms with van der Waals surface area (Å²) in [6.45, 7) is 3.12. The standard InChI is InChI=1S/C24H23N3O2/c1-17-8-10-18(11-9-17)16-26-23(28)20-12-13-25-21(15-20)24(29)27-14-4-6-19-5-2-3-7-22(19)27/h2-3,5,7-13,15H,4,6,14,16H2,1H3,(H,26,28). The molecule has 0 fully saturated rings. The van der Waals surface area contributed by atoms with Crippen LogP contribution in [0.15, 0.2) is 66.9 Å². The zero-order valence-electron chi connectivity index (χ0n) is 16.4. The van der Waals surface area contributed by atoms with Crippen LogP contribution in [0.3, 0.4) is 0 Å². The fourth-order valence-corrected chi connectivity index (χ4v) is 3.56. The summed E-state index contributed by atoms with van der Waals surface area (Å²) < 4.78 is 0. The number of nitrogens with one attached hydrogen (secondary N) is 1. The van der Waals surface area contributed by atoms with E-state index in [1.165, 1.54) is 17.3 Å². The minimum Gasteiger partial charge on any atom is -0.348 e. The summed E-state index contributed by atoms with van der Waals surface area (Å²) in [5.41, 5.74) is 5.01. The summed E-state index contributed by atoms with van der Waals surface area (Å²) >= 11 is 0. The van der Waals surface area contributed by atoms with Gasteiger partial charge in [-0.05, 0) is 49.1 Å². The first kappa shape index (κ1) is 18.9. The third kappa shape index (κ3) is 4.19. The van der Waals surface area contributed by atoms with E-state index < -0.39 is 0 Å². The van der Waals surface area contributed by atoms with Gasteiger partial charge in [-0.3, -0.25) is 14.6 Å². The van der Waals surface area contributed by atoms with Crippen LogP contribution in [-0.2, 0) is 13.0 Å². The molecule has 2 amide bonds. The molecule has 0 saturated carbocycles. The predicted octanol–water partition coefficient (Wildman–Crippen LogP) is 3.91. The Kier molecular flexibility index (Phi) is 5.38. The van der Waals surface area contributed by atoms with Crippen LogP contribution in [0.1, 0.15) is 44.0 Å². The molecule has 1 aromatic heterocycles. The molecule has 0 spiro atoms. The molecule has 1 N–H and O–H groups in total. The number of anilines is 1. The van der Waals surface area contributed by atoms with Crippen LogP contribution in [0.2, 0.25) is 0 Å². The summed E-state index contributed by atoms with van der Waals surface area (Å²) in [7, 11) is 0. The summed E-state index contributed by atoms with van der Waals surface area (Å²) in [5.74, 6) is -0.397. The maximum atomic E-state index is 13.1. The van der Waals surface area contributed by atoms with E-state index >= 15 is 0 Å². The number of aromatic nitrogens is 1. The fourth-order valence-electron chi connectivity index (χ4n) is 3.56. The minimum absolute atomic E-state index is 0.176. The van der Waals surface area contributed by atoms with E-state index in [9.17, 15) is 9.59 Å². The number of nitrogens with zero attached hydrogens (tertiary/aromatic N) is 2. The fraction of sp³-hybridized carbons (Fsp3) is 0.208. The van der Waals surface area contributed by atoms with Crippen LogP contribution in [0.25, 0.3) is 0 Å². The van der Waals surface area contributed by atoms with Crippen molar-refractivity contribution in [1.82, 2.24) is 10.3 Å². The molecule has 0 aliphatic carbocycles. The lowest BCUT2D eigenvalue weighted by atomic mass is 10.0. The van der Waals surface area contributed by atoms with Gasteiger partial charge in [-0.25, -0.2) is 0 Å². The molecule has 0 bridgehead atoms. The zero-order chi connectivity index (χ0) is 20.2. The van der Waals surface area contributed by atoms with Crippen molar-refractivity contribution in [2.75, 3.05) is 11.4 Å². The number of hydrogen-bond acceptors (Lipinski definition) is 3. The maximum Gasteiger partial charge on any atom is 0.276 e. The quantitative estimate of drug-likeness (QED) is 0.741. The van der Waals surface area contributed by atoms with Crippen molar-refractivity contribution < 1.29 is 9.59 Å². The van der Waals surface area contributed by atoms with E-state index in [1.807, 2.05) is 49.4 Å². The molecular formula is C24H23N3O2. The van der Waals surface area contributed by atoms with Gasteiger partial charge < -0.3 is 10.2 Å². The molecule has 0 saturated heterocycles. The number of rotatable bonds is 4. The monoisotopic (exact) mass is 385 g/mol. The van der Waals surface area contributed by atoms with Crippen molar-refractivity contribution in [3.8, 4) is 0 Å². The van der Waals surface area contributed by atoms with Gasteiger partial charge in [0.1, 0.15) is 5.69 Å². The number of aryl methyl sites for hydroxylation is 2. The van der Waals surface area contributed by atoms with Crippen LogP contribution in [0.5, 0.6) is 0 Å².